The van der Waals surface area contributed by atoms with Gasteiger partial charge in [-0.2, -0.15) is 0 Å². The molecule has 1 aliphatic rings. The predicted octanol–water partition coefficient (Wildman–Crippen LogP) is 4.23. The van der Waals surface area contributed by atoms with E-state index in [1.165, 1.54) is 4.90 Å². The van der Waals surface area contributed by atoms with Crippen molar-refractivity contribution in [1.29, 1.82) is 0 Å². The third-order valence-corrected chi connectivity index (χ3v) is 7.62. The molecule has 0 saturated carbocycles. The van der Waals surface area contributed by atoms with Gasteiger partial charge < -0.3 is 24.7 Å². The molecule has 0 radical (unpaired) electrons. The number of nitrogens with one attached hydrogen (secondary N) is 2. The molecule has 2 heterocycles. The van der Waals surface area contributed by atoms with Crippen molar-refractivity contribution in [2.24, 2.45) is 11.8 Å². The molecule has 1 aliphatic heterocycles. The van der Waals surface area contributed by atoms with Crippen LogP contribution in [0.4, 0.5) is 4.79 Å². The summed E-state index contributed by atoms with van der Waals surface area (Å²) in [5.41, 5.74) is 2.90. The van der Waals surface area contributed by atoms with Gasteiger partial charge in [-0.1, -0.05) is 87.9 Å². The molecular formula is C33H41N5O6. The summed E-state index contributed by atoms with van der Waals surface area (Å²) < 4.78 is 11.0. The van der Waals surface area contributed by atoms with Gasteiger partial charge in [0.1, 0.15) is 18.7 Å². The molecule has 44 heavy (non-hydrogen) atoms. The average molecular weight is 604 g/mol. The fourth-order valence-corrected chi connectivity index (χ4v) is 5.23. The molecule has 11 heteroatoms. The first kappa shape index (κ1) is 32.4. The van der Waals surface area contributed by atoms with E-state index in [2.05, 4.69) is 20.8 Å². The highest BCUT2D eigenvalue weighted by atomic mass is 16.5. The molecule has 3 aromatic rings. The second kappa shape index (κ2) is 14.8. The minimum Gasteiger partial charge on any atom is -0.445 e. The Morgan fingerprint density at radius 1 is 0.932 bits per heavy atom. The van der Waals surface area contributed by atoms with Crippen LogP contribution in [-0.4, -0.2) is 63.5 Å². The minimum absolute atomic E-state index is 0.0680. The zero-order valence-electron chi connectivity index (χ0n) is 25.9. The molecule has 0 spiro atoms. The predicted molar refractivity (Wildman–Crippen MR) is 163 cm³/mol. The number of alkyl carbamates (subject to hydrolysis) is 1. The van der Waals surface area contributed by atoms with E-state index in [0.29, 0.717) is 31.7 Å². The molecule has 0 aliphatic carbocycles. The fraction of sp³-hybridized carbons (Fsp3) is 0.455. The lowest BCUT2D eigenvalue weighted by atomic mass is 9.98. The molecule has 1 saturated heterocycles. The van der Waals surface area contributed by atoms with Crippen LogP contribution in [0.5, 0.6) is 0 Å². The standard InChI is InChI=1S/C33H41N5O6/c1-20(2)27(29(39)31-37-36-26(44-31)18-24-14-9-11-22(5)17-24)34-30(40)25-15-10-16-38(25)32(41)28(21(3)4)35-33(42)43-19-23-12-7-6-8-13-23/h6-9,11-14,17,20-21,25,27-28H,10,15-16,18-19H2,1-5H3,(H,34,40)(H,35,42)/t25-,27-,28-/m0/s1. The molecular weight excluding hydrogens is 562 g/mol. The Morgan fingerprint density at radius 3 is 2.32 bits per heavy atom. The van der Waals surface area contributed by atoms with Gasteiger partial charge in [-0.25, -0.2) is 4.79 Å². The van der Waals surface area contributed by atoms with Gasteiger partial charge in [-0.15, -0.1) is 10.2 Å². The van der Waals surface area contributed by atoms with Gasteiger partial charge in [0.25, 0.3) is 5.89 Å². The van der Waals surface area contributed by atoms with E-state index in [4.69, 9.17) is 9.15 Å². The van der Waals surface area contributed by atoms with Crippen LogP contribution < -0.4 is 10.6 Å². The zero-order valence-corrected chi connectivity index (χ0v) is 25.9. The number of Topliss-reactive ketones (excluding diaryl/α,β-unsaturated/α-hetero) is 1. The SMILES string of the molecule is Cc1cccc(Cc2nnc(C(=O)[C@@H](NC(=O)[C@@H]3CCCN3C(=O)[C@@H](NC(=O)OCc3ccccc3)C(C)C)C(C)C)o2)c1. The summed E-state index contributed by atoms with van der Waals surface area (Å²) in [6.45, 7) is 9.66. The van der Waals surface area contributed by atoms with Crippen LogP contribution >= 0.6 is 0 Å². The number of ether oxygens (including phenoxy) is 1. The molecule has 0 unspecified atom stereocenters. The summed E-state index contributed by atoms with van der Waals surface area (Å²) in [7, 11) is 0. The minimum atomic E-state index is -0.931. The fourth-order valence-electron chi connectivity index (χ4n) is 5.23. The molecule has 1 fully saturated rings. The van der Waals surface area contributed by atoms with Gasteiger partial charge in [0.05, 0.1) is 12.5 Å². The maximum atomic E-state index is 13.6. The van der Waals surface area contributed by atoms with Crippen LogP contribution in [0.1, 0.15) is 73.8 Å². The Morgan fingerprint density at radius 2 is 1.64 bits per heavy atom. The number of amides is 3. The number of rotatable bonds is 12. The smallest absolute Gasteiger partial charge is 0.408 e. The summed E-state index contributed by atoms with van der Waals surface area (Å²) in [5.74, 6) is -1.73. The zero-order chi connectivity index (χ0) is 31.8. The van der Waals surface area contributed by atoms with Gasteiger partial charge in [0, 0.05) is 6.54 Å². The second-order valence-electron chi connectivity index (χ2n) is 11.9. The lowest BCUT2D eigenvalue weighted by Gasteiger charge is -2.31. The van der Waals surface area contributed by atoms with E-state index < -0.39 is 35.9 Å². The first-order valence-electron chi connectivity index (χ1n) is 15.0. The second-order valence-corrected chi connectivity index (χ2v) is 11.9. The van der Waals surface area contributed by atoms with Crippen LogP contribution in [0.3, 0.4) is 0 Å². The number of aromatic nitrogens is 2. The van der Waals surface area contributed by atoms with Crippen molar-refractivity contribution in [3.63, 3.8) is 0 Å². The van der Waals surface area contributed by atoms with Gasteiger partial charge in [0.15, 0.2) is 0 Å². The van der Waals surface area contributed by atoms with Gasteiger partial charge in [-0.05, 0) is 42.7 Å². The van der Waals surface area contributed by atoms with E-state index in [1.807, 2.05) is 89.2 Å². The molecule has 2 aromatic carbocycles. The van der Waals surface area contributed by atoms with E-state index >= 15 is 0 Å². The summed E-state index contributed by atoms with van der Waals surface area (Å²) in [6, 6.07) is 14.5. The molecule has 2 N–H and O–H groups in total. The normalized spacial score (nSPS) is 16.1. The highest BCUT2D eigenvalue weighted by Gasteiger charge is 2.40. The summed E-state index contributed by atoms with van der Waals surface area (Å²) >= 11 is 0. The molecule has 11 nitrogen and oxygen atoms in total. The van der Waals surface area contributed by atoms with Gasteiger partial charge in [0.2, 0.25) is 23.5 Å². The Balaban J connectivity index is 1.39. The Kier molecular flexibility index (Phi) is 10.9. The largest absolute Gasteiger partial charge is 0.445 e. The maximum absolute atomic E-state index is 13.6. The number of aryl methyl sites for hydroxylation is 1. The van der Waals surface area contributed by atoms with Crippen LogP contribution in [-0.2, 0) is 27.4 Å². The van der Waals surface area contributed by atoms with Crippen molar-refractivity contribution in [2.45, 2.75) is 78.6 Å². The summed E-state index contributed by atoms with van der Waals surface area (Å²) in [4.78, 5) is 54.6. The Bertz CT molecular complexity index is 1450. The number of ketones is 1. The van der Waals surface area contributed by atoms with Crippen molar-refractivity contribution in [2.75, 3.05) is 6.54 Å². The maximum Gasteiger partial charge on any atom is 0.408 e. The molecule has 3 amide bonds. The van der Waals surface area contributed by atoms with Crippen LogP contribution in [0.25, 0.3) is 0 Å². The lowest BCUT2D eigenvalue weighted by Crippen LogP contribution is -2.57. The Hall–Kier alpha value is -4.54. The molecule has 3 atom stereocenters. The molecule has 1 aromatic heterocycles. The third kappa shape index (κ3) is 8.30. The van der Waals surface area contributed by atoms with Gasteiger partial charge in [-0.3, -0.25) is 14.4 Å². The molecule has 234 valence electrons. The van der Waals surface area contributed by atoms with Crippen molar-refractivity contribution in [1.82, 2.24) is 25.7 Å². The Labute approximate surface area is 257 Å². The number of nitrogens with zero attached hydrogens (tertiary/aromatic N) is 3. The third-order valence-electron chi connectivity index (χ3n) is 7.62. The van der Waals surface area contributed by atoms with Crippen LogP contribution in [0, 0.1) is 18.8 Å². The van der Waals surface area contributed by atoms with E-state index in [0.717, 1.165) is 16.7 Å². The molecule has 4 rings (SSSR count). The van der Waals surface area contributed by atoms with E-state index in [1.54, 1.807) is 0 Å². The highest BCUT2D eigenvalue weighted by molar-refractivity contribution is 6.00. The monoisotopic (exact) mass is 603 g/mol. The summed E-state index contributed by atoms with van der Waals surface area (Å²) in [6.07, 6.45) is 0.707. The van der Waals surface area contributed by atoms with Crippen LogP contribution in [0.2, 0.25) is 0 Å². The number of carbonyl (C=O) groups is 4. The van der Waals surface area contributed by atoms with Crippen molar-refractivity contribution in [3.8, 4) is 0 Å². The van der Waals surface area contributed by atoms with E-state index in [-0.39, 0.29) is 30.2 Å². The average Bonchev–Trinajstić information content (AvgIpc) is 3.67. The summed E-state index contributed by atoms with van der Waals surface area (Å²) in [5, 5.41) is 13.5. The lowest BCUT2D eigenvalue weighted by molar-refractivity contribution is -0.141. The van der Waals surface area contributed by atoms with Crippen molar-refractivity contribution < 1.29 is 28.3 Å². The number of hydrogen-bond donors (Lipinski definition) is 2. The highest BCUT2D eigenvalue weighted by Crippen LogP contribution is 2.22. The number of hydrogen-bond acceptors (Lipinski definition) is 8. The topological polar surface area (TPSA) is 144 Å². The first-order valence-corrected chi connectivity index (χ1v) is 15.0. The molecule has 0 bridgehead atoms. The van der Waals surface area contributed by atoms with Crippen LogP contribution in [0.15, 0.2) is 59.0 Å². The number of carbonyl (C=O) groups excluding carboxylic acids is 4. The van der Waals surface area contributed by atoms with E-state index in [9.17, 15) is 19.2 Å². The van der Waals surface area contributed by atoms with Crippen molar-refractivity contribution >= 4 is 23.7 Å². The first-order chi connectivity index (χ1) is 21.0. The number of likely N-dealkylation sites (tertiary alicyclic amines) is 1. The van der Waals surface area contributed by atoms with Crippen molar-refractivity contribution in [3.05, 3.63) is 83.1 Å². The van der Waals surface area contributed by atoms with Gasteiger partial charge >= 0.3 is 6.09 Å². The quantitative estimate of drug-likeness (QED) is 0.293. The number of benzene rings is 2.